The Morgan fingerprint density at radius 2 is 2.12 bits per heavy atom. The highest BCUT2D eigenvalue weighted by Crippen LogP contribution is 2.47. The molecule has 1 aliphatic carbocycles. The number of ketones is 1. The molecule has 2 N–H and O–H groups in total. The van der Waals surface area contributed by atoms with E-state index in [9.17, 15) is 4.79 Å². The lowest BCUT2D eigenvalue weighted by atomic mass is 10.0. The lowest BCUT2D eigenvalue weighted by molar-refractivity contribution is 0.0979. The molecule has 2 aromatic carbocycles. The van der Waals surface area contributed by atoms with Crippen molar-refractivity contribution in [1.29, 1.82) is 0 Å². The molecule has 2 aromatic heterocycles. The Kier molecular flexibility index (Phi) is 5.13. The molecular formula is C24H26N6O2. The highest BCUT2D eigenvalue weighted by Gasteiger charge is 2.29. The highest BCUT2D eigenvalue weighted by atomic mass is 16.5. The number of methoxy groups -OCH3 is 1. The van der Waals surface area contributed by atoms with Gasteiger partial charge in [-0.25, -0.2) is 4.68 Å². The molecule has 32 heavy (non-hydrogen) atoms. The van der Waals surface area contributed by atoms with Crippen LogP contribution in [0.2, 0.25) is 0 Å². The van der Waals surface area contributed by atoms with E-state index in [0.29, 0.717) is 35.4 Å². The van der Waals surface area contributed by atoms with E-state index in [2.05, 4.69) is 26.7 Å². The minimum Gasteiger partial charge on any atom is -0.496 e. The van der Waals surface area contributed by atoms with Crippen LogP contribution in [0.1, 0.15) is 54.4 Å². The quantitative estimate of drug-likeness (QED) is 0.383. The molecule has 0 spiro atoms. The van der Waals surface area contributed by atoms with Crippen LogP contribution in [0.5, 0.6) is 5.75 Å². The molecule has 1 saturated carbocycles. The first-order valence-electron chi connectivity index (χ1n) is 10.9. The molecular weight excluding hydrogens is 404 g/mol. The third-order valence-electron chi connectivity index (χ3n) is 5.90. The summed E-state index contributed by atoms with van der Waals surface area (Å²) >= 11 is 0. The van der Waals surface area contributed by atoms with Crippen molar-refractivity contribution >= 4 is 28.3 Å². The van der Waals surface area contributed by atoms with E-state index in [0.717, 1.165) is 28.6 Å². The first-order chi connectivity index (χ1) is 15.6. The Morgan fingerprint density at radius 1 is 1.28 bits per heavy atom. The number of nitrogens with one attached hydrogen (secondary N) is 2. The molecule has 0 bridgehead atoms. The average Bonchev–Trinajstić information content (AvgIpc) is 3.41. The molecule has 0 amide bonds. The summed E-state index contributed by atoms with van der Waals surface area (Å²) in [5.41, 5.74) is 4.74. The molecule has 2 heterocycles. The van der Waals surface area contributed by atoms with Crippen molar-refractivity contribution in [3.8, 4) is 17.1 Å². The number of aromatic nitrogens is 5. The van der Waals surface area contributed by atoms with Crippen LogP contribution in [-0.4, -0.2) is 37.9 Å². The van der Waals surface area contributed by atoms with Crippen LogP contribution in [0, 0.1) is 0 Å². The van der Waals surface area contributed by atoms with Crippen molar-refractivity contribution in [3.05, 3.63) is 47.7 Å². The van der Waals surface area contributed by atoms with Gasteiger partial charge in [0, 0.05) is 30.1 Å². The van der Waals surface area contributed by atoms with Gasteiger partial charge in [0.05, 0.1) is 24.4 Å². The first kappa shape index (κ1) is 20.2. The van der Waals surface area contributed by atoms with E-state index in [1.54, 1.807) is 17.9 Å². The van der Waals surface area contributed by atoms with Gasteiger partial charge in [0.25, 0.3) is 0 Å². The maximum absolute atomic E-state index is 12.4. The van der Waals surface area contributed by atoms with E-state index in [4.69, 9.17) is 9.72 Å². The third kappa shape index (κ3) is 3.62. The van der Waals surface area contributed by atoms with Crippen molar-refractivity contribution in [1.82, 2.24) is 25.0 Å². The minimum atomic E-state index is 0.0782. The summed E-state index contributed by atoms with van der Waals surface area (Å²) in [5, 5.41) is 16.5. The minimum absolute atomic E-state index is 0.0782. The van der Waals surface area contributed by atoms with E-state index >= 15 is 0 Å². The van der Waals surface area contributed by atoms with Crippen LogP contribution in [0.4, 0.5) is 11.6 Å². The second kappa shape index (κ2) is 8.11. The van der Waals surface area contributed by atoms with Gasteiger partial charge in [-0.05, 0) is 55.0 Å². The zero-order chi connectivity index (χ0) is 22.2. The second-order valence-corrected chi connectivity index (χ2v) is 8.23. The van der Waals surface area contributed by atoms with Crippen LogP contribution >= 0.6 is 0 Å². The van der Waals surface area contributed by atoms with Crippen LogP contribution in [0.15, 0.2) is 36.5 Å². The maximum Gasteiger partial charge on any atom is 0.225 e. The summed E-state index contributed by atoms with van der Waals surface area (Å²) in [7, 11) is 3.44. The SMILES string of the molecule is CCCC(=O)c1ccc(-c2nc(Nc3ccc4[nH]ncc4c3C3CC3)n(C)n2)cc1OC. The lowest BCUT2D eigenvalue weighted by Gasteiger charge is -2.11. The summed E-state index contributed by atoms with van der Waals surface area (Å²) in [6.45, 7) is 1.99. The number of carbonyl (C=O) groups is 1. The van der Waals surface area contributed by atoms with E-state index in [1.807, 2.05) is 38.4 Å². The maximum atomic E-state index is 12.4. The molecule has 0 radical (unpaired) electrons. The molecule has 0 aliphatic heterocycles. The Bertz CT molecular complexity index is 1300. The van der Waals surface area contributed by atoms with Crippen LogP contribution in [0.3, 0.4) is 0 Å². The van der Waals surface area contributed by atoms with E-state index in [1.165, 1.54) is 18.4 Å². The van der Waals surface area contributed by atoms with Crippen molar-refractivity contribution in [2.24, 2.45) is 7.05 Å². The number of fused-ring (bicyclic) bond motifs is 1. The Hall–Kier alpha value is -3.68. The number of ether oxygens (including phenoxy) is 1. The van der Waals surface area contributed by atoms with Crippen LogP contribution < -0.4 is 10.1 Å². The number of hydrogen-bond donors (Lipinski definition) is 2. The number of H-pyrrole nitrogens is 1. The standard InChI is InChI=1S/C24H26N6O2/c1-4-5-20(31)16-9-8-15(12-21(16)32-3)23-27-24(30(2)29-23)26-19-11-10-18-17(13-25-28-18)22(19)14-6-7-14/h8-14H,4-7H2,1-3H3,(H,25,28)(H,26,27,29). The van der Waals surface area contributed by atoms with Crippen LogP contribution in [-0.2, 0) is 7.05 Å². The first-order valence-corrected chi connectivity index (χ1v) is 10.9. The van der Waals surface area contributed by atoms with Gasteiger partial charge in [-0.15, -0.1) is 5.10 Å². The van der Waals surface area contributed by atoms with Gasteiger partial charge in [-0.2, -0.15) is 10.1 Å². The van der Waals surface area contributed by atoms with Crippen molar-refractivity contribution in [2.75, 3.05) is 12.4 Å². The van der Waals surface area contributed by atoms with Crippen molar-refractivity contribution in [3.63, 3.8) is 0 Å². The third-order valence-corrected chi connectivity index (χ3v) is 5.90. The average molecular weight is 431 g/mol. The number of hydrogen-bond acceptors (Lipinski definition) is 6. The Labute approximate surface area is 186 Å². The topological polar surface area (TPSA) is 97.7 Å². The Balaban J connectivity index is 1.47. The predicted molar refractivity (Wildman–Crippen MR) is 124 cm³/mol. The largest absolute Gasteiger partial charge is 0.496 e. The highest BCUT2D eigenvalue weighted by molar-refractivity contribution is 5.99. The van der Waals surface area contributed by atoms with Gasteiger partial charge < -0.3 is 10.1 Å². The van der Waals surface area contributed by atoms with Gasteiger partial charge >= 0.3 is 0 Å². The number of aromatic amines is 1. The summed E-state index contributed by atoms with van der Waals surface area (Å²) in [4.78, 5) is 17.1. The lowest BCUT2D eigenvalue weighted by Crippen LogP contribution is -2.02. The van der Waals surface area contributed by atoms with Crippen LogP contribution in [0.25, 0.3) is 22.3 Å². The molecule has 8 heteroatoms. The van der Waals surface area contributed by atoms with Gasteiger partial charge in [0.1, 0.15) is 5.75 Å². The molecule has 5 rings (SSSR count). The zero-order valence-electron chi connectivity index (χ0n) is 18.5. The summed E-state index contributed by atoms with van der Waals surface area (Å²) in [5.74, 6) is 2.39. The van der Waals surface area contributed by atoms with Crippen molar-refractivity contribution < 1.29 is 9.53 Å². The summed E-state index contributed by atoms with van der Waals surface area (Å²) in [6, 6.07) is 9.60. The molecule has 8 nitrogen and oxygen atoms in total. The number of nitrogens with zero attached hydrogens (tertiary/aromatic N) is 4. The predicted octanol–water partition coefficient (Wildman–Crippen LogP) is 4.97. The second-order valence-electron chi connectivity index (χ2n) is 8.23. The van der Waals surface area contributed by atoms with Gasteiger partial charge in [-0.1, -0.05) is 13.0 Å². The Morgan fingerprint density at radius 3 is 2.88 bits per heavy atom. The monoisotopic (exact) mass is 430 g/mol. The molecule has 0 atom stereocenters. The van der Waals surface area contributed by atoms with Gasteiger partial charge in [0.2, 0.25) is 5.95 Å². The number of aryl methyl sites for hydroxylation is 1. The summed E-state index contributed by atoms with van der Waals surface area (Å²) in [6.07, 6.45) is 5.56. The molecule has 4 aromatic rings. The molecule has 1 aliphatic rings. The fraction of sp³-hybridized carbons (Fsp3) is 0.333. The zero-order valence-corrected chi connectivity index (χ0v) is 18.5. The number of rotatable bonds is 8. The molecule has 1 fully saturated rings. The number of carbonyl (C=O) groups excluding carboxylic acids is 1. The van der Waals surface area contributed by atoms with E-state index in [-0.39, 0.29) is 5.78 Å². The molecule has 164 valence electrons. The fourth-order valence-electron chi connectivity index (χ4n) is 4.12. The number of anilines is 2. The van der Waals surface area contributed by atoms with Gasteiger partial charge in [-0.3, -0.25) is 9.89 Å². The number of benzene rings is 2. The molecule has 0 unspecified atom stereocenters. The fourth-order valence-corrected chi connectivity index (χ4v) is 4.12. The molecule has 0 saturated heterocycles. The number of Topliss-reactive ketones (excluding diaryl/α,β-unsaturated/α-hetero) is 1. The van der Waals surface area contributed by atoms with E-state index < -0.39 is 0 Å². The summed E-state index contributed by atoms with van der Waals surface area (Å²) < 4.78 is 7.21. The van der Waals surface area contributed by atoms with Crippen molar-refractivity contribution in [2.45, 2.75) is 38.5 Å². The van der Waals surface area contributed by atoms with Gasteiger partial charge in [0.15, 0.2) is 11.6 Å². The normalized spacial score (nSPS) is 13.5. The smallest absolute Gasteiger partial charge is 0.225 e.